The van der Waals surface area contributed by atoms with E-state index >= 15 is 0 Å². The van der Waals surface area contributed by atoms with E-state index in [1.54, 1.807) is 20.2 Å². The van der Waals surface area contributed by atoms with Crippen molar-refractivity contribution in [2.24, 2.45) is 7.05 Å². The average molecular weight is 245 g/mol. The van der Waals surface area contributed by atoms with E-state index in [4.69, 9.17) is 9.26 Å². The Balaban J connectivity index is 2.52. The maximum atomic E-state index is 11.9. The fourth-order valence-electron chi connectivity index (χ4n) is 1.81. The Bertz CT molecular complexity index is 605. The molecule has 0 amide bonds. The highest BCUT2D eigenvalue weighted by atomic mass is 16.5. The molecule has 0 fully saturated rings. The van der Waals surface area contributed by atoms with Gasteiger partial charge in [0.25, 0.3) is 5.56 Å². The van der Waals surface area contributed by atoms with Crippen LogP contribution < -0.4 is 10.3 Å². The van der Waals surface area contributed by atoms with E-state index in [1.165, 1.54) is 4.74 Å². The van der Waals surface area contributed by atoms with Crippen molar-refractivity contribution in [2.45, 2.75) is 6.42 Å². The first-order valence-corrected chi connectivity index (χ1v) is 5.62. The summed E-state index contributed by atoms with van der Waals surface area (Å²) >= 11 is 0. The second kappa shape index (κ2) is 4.96. The van der Waals surface area contributed by atoms with E-state index in [1.807, 2.05) is 24.3 Å². The predicted molar refractivity (Wildman–Crippen MR) is 69.8 cm³/mol. The van der Waals surface area contributed by atoms with Gasteiger partial charge >= 0.3 is 0 Å². The molecule has 0 aliphatic carbocycles. The molecule has 18 heavy (non-hydrogen) atoms. The Hall–Kier alpha value is -2.23. The Morgan fingerprint density at radius 2 is 2.06 bits per heavy atom. The first-order chi connectivity index (χ1) is 8.67. The SMILES string of the molecule is C=CCc1c(-c2ccc(OC)cc2)on(C)c1=O. The molecule has 94 valence electrons. The third kappa shape index (κ3) is 2.09. The van der Waals surface area contributed by atoms with Crippen molar-refractivity contribution in [2.75, 3.05) is 7.11 Å². The molecule has 1 aromatic carbocycles. The molecule has 0 radical (unpaired) electrons. The molecule has 2 rings (SSSR count). The van der Waals surface area contributed by atoms with Gasteiger partial charge in [-0.2, -0.15) is 4.74 Å². The Morgan fingerprint density at radius 1 is 1.39 bits per heavy atom. The van der Waals surface area contributed by atoms with E-state index in [0.29, 0.717) is 17.7 Å². The fourth-order valence-corrected chi connectivity index (χ4v) is 1.81. The molecule has 0 saturated heterocycles. The Morgan fingerprint density at radius 3 is 2.61 bits per heavy atom. The van der Waals surface area contributed by atoms with Crippen LogP contribution in [0.4, 0.5) is 0 Å². The summed E-state index contributed by atoms with van der Waals surface area (Å²) in [6.07, 6.45) is 2.18. The molecule has 0 aliphatic heterocycles. The monoisotopic (exact) mass is 245 g/mol. The first-order valence-electron chi connectivity index (χ1n) is 5.62. The van der Waals surface area contributed by atoms with Gasteiger partial charge in [0.1, 0.15) is 5.75 Å². The van der Waals surface area contributed by atoms with Gasteiger partial charge in [0.15, 0.2) is 5.76 Å². The maximum Gasteiger partial charge on any atom is 0.286 e. The van der Waals surface area contributed by atoms with Gasteiger partial charge in [0.05, 0.1) is 12.7 Å². The smallest absolute Gasteiger partial charge is 0.286 e. The standard InChI is InChI=1S/C14H15NO3/c1-4-5-12-13(18-15(2)14(12)16)10-6-8-11(17-3)9-7-10/h4,6-9H,1,5H2,2-3H3. The van der Waals surface area contributed by atoms with E-state index < -0.39 is 0 Å². The summed E-state index contributed by atoms with van der Waals surface area (Å²) in [7, 11) is 3.21. The number of hydrogen-bond donors (Lipinski definition) is 0. The highest BCUT2D eigenvalue weighted by molar-refractivity contribution is 5.62. The molecule has 0 spiro atoms. The highest BCUT2D eigenvalue weighted by Gasteiger charge is 2.15. The normalized spacial score (nSPS) is 10.3. The number of nitrogens with zero attached hydrogens (tertiary/aromatic N) is 1. The molecule has 4 nitrogen and oxygen atoms in total. The minimum absolute atomic E-state index is 0.124. The van der Waals surface area contributed by atoms with Crippen LogP contribution in [0, 0.1) is 0 Å². The van der Waals surface area contributed by atoms with Gasteiger partial charge in [-0.1, -0.05) is 6.08 Å². The van der Waals surface area contributed by atoms with Crippen LogP contribution in [-0.4, -0.2) is 11.8 Å². The van der Waals surface area contributed by atoms with Crippen molar-refractivity contribution in [3.05, 3.63) is 52.8 Å². The number of ether oxygens (including phenoxy) is 1. The number of aromatic nitrogens is 1. The van der Waals surface area contributed by atoms with Gasteiger partial charge in [-0.05, 0) is 30.7 Å². The summed E-state index contributed by atoms with van der Waals surface area (Å²) in [5.74, 6) is 1.35. The number of methoxy groups -OCH3 is 1. The summed E-state index contributed by atoms with van der Waals surface area (Å²) in [6, 6.07) is 7.40. The Labute approximate surface area is 105 Å². The van der Waals surface area contributed by atoms with Gasteiger partial charge in [0.2, 0.25) is 0 Å². The van der Waals surface area contributed by atoms with Crippen molar-refractivity contribution in [3.8, 4) is 17.1 Å². The molecular formula is C14H15NO3. The van der Waals surface area contributed by atoms with Crippen molar-refractivity contribution in [1.82, 2.24) is 4.74 Å². The summed E-state index contributed by atoms with van der Waals surface area (Å²) in [4.78, 5) is 11.9. The summed E-state index contributed by atoms with van der Waals surface area (Å²) in [5.41, 5.74) is 1.35. The lowest BCUT2D eigenvalue weighted by molar-refractivity contribution is 0.307. The quantitative estimate of drug-likeness (QED) is 0.777. The molecule has 0 aliphatic rings. The van der Waals surface area contributed by atoms with Crippen molar-refractivity contribution in [1.29, 1.82) is 0 Å². The minimum atomic E-state index is -0.124. The van der Waals surface area contributed by atoms with Crippen LogP contribution in [0.15, 0.2) is 46.2 Å². The van der Waals surface area contributed by atoms with Gasteiger partial charge < -0.3 is 9.26 Å². The zero-order valence-electron chi connectivity index (χ0n) is 10.5. The molecule has 0 atom stereocenters. The lowest BCUT2D eigenvalue weighted by Crippen LogP contribution is -2.13. The summed E-state index contributed by atoms with van der Waals surface area (Å²) < 4.78 is 11.8. The van der Waals surface area contributed by atoms with E-state index in [9.17, 15) is 4.79 Å². The Kier molecular flexibility index (Phi) is 3.37. The third-order valence-electron chi connectivity index (χ3n) is 2.75. The van der Waals surface area contributed by atoms with Crippen molar-refractivity contribution >= 4 is 0 Å². The van der Waals surface area contributed by atoms with E-state index in [0.717, 1.165) is 11.3 Å². The summed E-state index contributed by atoms with van der Waals surface area (Å²) in [5, 5.41) is 0. The molecule has 4 heteroatoms. The van der Waals surface area contributed by atoms with Crippen LogP contribution in [-0.2, 0) is 13.5 Å². The van der Waals surface area contributed by atoms with Gasteiger partial charge in [0, 0.05) is 12.6 Å². The zero-order chi connectivity index (χ0) is 13.1. The van der Waals surface area contributed by atoms with E-state index in [2.05, 4.69) is 6.58 Å². The first kappa shape index (κ1) is 12.2. The van der Waals surface area contributed by atoms with Crippen molar-refractivity contribution < 1.29 is 9.26 Å². The van der Waals surface area contributed by atoms with Gasteiger partial charge in [-0.3, -0.25) is 4.79 Å². The second-order valence-corrected chi connectivity index (χ2v) is 3.92. The summed E-state index contributed by atoms with van der Waals surface area (Å²) in [6.45, 7) is 3.66. The largest absolute Gasteiger partial charge is 0.497 e. The van der Waals surface area contributed by atoms with Crippen LogP contribution >= 0.6 is 0 Å². The number of aryl methyl sites for hydroxylation is 1. The minimum Gasteiger partial charge on any atom is -0.497 e. The van der Waals surface area contributed by atoms with Gasteiger partial charge in [-0.25, -0.2) is 0 Å². The molecule has 0 N–H and O–H groups in total. The second-order valence-electron chi connectivity index (χ2n) is 3.92. The topological polar surface area (TPSA) is 44.4 Å². The molecule has 0 bridgehead atoms. The number of benzene rings is 1. The number of allylic oxidation sites excluding steroid dienone is 1. The van der Waals surface area contributed by atoms with Crippen LogP contribution in [0.2, 0.25) is 0 Å². The van der Waals surface area contributed by atoms with Crippen molar-refractivity contribution in [3.63, 3.8) is 0 Å². The van der Waals surface area contributed by atoms with Gasteiger partial charge in [-0.15, -0.1) is 6.58 Å². The zero-order valence-corrected chi connectivity index (χ0v) is 10.5. The maximum absolute atomic E-state index is 11.9. The highest BCUT2D eigenvalue weighted by Crippen LogP contribution is 2.24. The average Bonchev–Trinajstić information content (AvgIpc) is 2.68. The molecule has 1 heterocycles. The van der Waals surface area contributed by atoms with Crippen LogP contribution in [0.25, 0.3) is 11.3 Å². The number of hydrogen-bond acceptors (Lipinski definition) is 3. The molecular weight excluding hydrogens is 230 g/mol. The molecule has 0 unspecified atom stereocenters. The predicted octanol–water partition coefficient (Wildman–Crippen LogP) is 2.38. The molecule has 1 aromatic heterocycles. The molecule has 2 aromatic rings. The van der Waals surface area contributed by atoms with Crippen LogP contribution in [0.1, 0.15) is 5.56 Å². The lowest BCUT2D eigenvalue weighted by atomic mass is 10.1. The lowest BCUT2D eigenvalue weighted by Gasteiger charge is -2.01. The number of rotatable bonds is 4. The van der Waals surface area contributed by atoms with Crippen LogP contribution in [0.3, 0.4) is 0 Å². The third-order valence-corrected chi connectivity index (χ3v) is 2.75. The fraction of sp³-hybridized carbons (Fsp3) is 0.214. The van der Waals surface area contributed by atoms with Crippen LogP contribution in [0.5, 0.6) is 5.75 Å². The van der Waals surface area contributed by atoms with E-state index in [-0.39, 0.29) is 5.56 Å². The molecule has 0 saturated carbocycles.